The molecule has 0 amide bonds. The molecule has 1 aromatic heterocycles. The minimum atomic E-state index is -0.269. The van der Waals surface area contributed by atoms with E-state index in [1.807, 2.05) is 25.1 Å². The van der Waals surface area contributed by atoms with Crippen LogP contribution in [-0.2, 0) is 6.54 Å². The average molecular weight is 398 g/mol. The number of carbonyl (C=O) groups excluding carboxylic acids is 1. The second kappa shape index (κ2) is 7.87. The van der Waals surface area contributed by atoms with Gasteiger partial charge in [-0.15, -0.1) is 10.2 Å². The predicted molar refractivity (Wildman–Crippen MR) is 109 cm³/mol. The zero-order valence-electron chi connectivity index (χ0n) is 15.0. The van der Waals surface area contributed by atoms with Gasteiger partial charge >= 0.3 is 0 Å². The van der Waals surface area contributed by atoms with E-state index < -0.39 is 0 Å². The Morgan fingerprint density at radius 1 is 1.19 bits per heavy atom. The molecule has 0 N–H and O–H groups in total. The molecular formula is C21H20ClN3OS. The van der Waals surface area contributed by atoms with Crippen LogP contribution in [0.15, 0.2) is 59.8 Å². The fraction of sp³-hybridized carbons (Fsp3) is 0.286. The average Bonchev–Trinajstić information content (AvgIpc) is 3.45. The highest BCUT2D eigenvalue weighted by atomic mass is 35.5. The van der Waals surface area contributed by atoms with Crippen LogP contribution in [-0.4, -0.2) is 25.8 Å². The first-order chi connectivity index (χ1) is 13.1. The highest BCUT2D eigenvalue weighted by molar-refractivity contribution is 8.00. The fourth-order valence-electron chi connectivity index (χ4n) is 3.03. The molecule has 0 saturated heterocycles. The number of Topliss-reactive ketones (excluding diaryl/α,β-unsaturated/α-hetero) is 1. The Balaban J connectivity index is 1.57. The van der Waals surface area contributed by atoms with E-state index in [0.717, 1.165) is 30.4 Å². The van der Waals surface area contributed by atoms with Crippen molar-refractivity contribution in [2.45, 2.75) is 42.6 Å². The highest BCUT2D eigenvalue weighted by Gasteiger charge is 2.31. The molecule has 1 fully saturated rings. The Morgan fingerprint density at radius 3 is 2.67 bits per heavy atom. The quantitative estimate of drug-likeness (QED) is 0.405. The van der Waals surface area contributed by atoms with Gasteiger partial charge in [0.25, 0.3) is 0 Å². The number of rotatable bonds is 7. The van der Waals surface area contributed by atoms with E-state index in [2.05, 4.69) is 26.9 Å². The number of halogens is 1. The van der Waals surface area contributed by atoms with E-state index >= 15 is 0 Å². The molecule has 3 aromatic rings. The Morgan fingerprint density at radius 2 is 1.96 bits per heavy atom. The minimum Gasteiger partial charge on any atom is -0.301 e. The second-order valence-corrected chi connectivity index (χ2v) is 8.57. The molecule has 27 heavy (non-hydrogen) atoms. The van der Waals surface area contributed by atoms with Gasteiger partial charge in [0.15, 0.2) is 10.9 Å². The molecule has 138 valence electrons. The van der Waals surface area contributed by atoms with Crippen LogP contribution in [0.3, 0.4) is 0 Å². The molecule has 1 atom stereocenters. The molecule has 1 saturated carbocycles. The maximum atomic E-state index is 12.8. The lowest BCUT2D eigenvalue weighted by atomic mass is 10.1. The monoisotopic (exact) mass is 397 g/mol. The number of aromatic nitrogens is 3. The van der Waals surface area contributed by atoms with Gasteiger partial charge in [-0.1, -0.05) is 65.8 Å². The molecule has 1 aliphatic rings. The summed E-state index contributed by atoms with van der Waals surface area (Å²) in [7, 11) is 0. The minimum absolute atomic E-state index is 0.0460. The molecule has 1 unspecified atom stereocenters. The lowest BCUT2D eigenvalue weighted by Crippen LogP contribution is -2.15. The van der Waals surface area contributed by atoms with Crippen molar-refractivity contribution >= 4 is 29.1 Å². The van der Waals surface area contributed by atoms with Crippen LogP contribution in [0.5, 0.6) is 0 Å². The first kappa shape index (κ1) is 18.3. The van der Waals surface area contributed by atoms with Crippen LogP contribution < -0.4 is 0 Å². The highest BCUT2D eigenvalue weighted by Crippen LogP contribution is 2.40. The molecule has 1 heterocycles. The van der Waals surface area contributed by atoms with Crippen LogP contribution in [0.4, 0.5) is 0 Å². The van der Waals surface area contributed by atoms with Crippen LogP contribution in [0.1, 0.15) is 47.4 Å². The summed E-state index contributed by atoms with van der Waals surface area (Å²) < 4.78 is 2.17. The normalized spacial score (nSPS) is 14.9. The zero-order chi connectivity index (χ0) is 18.8. The van der Waals surface area contributed by atoms with Crippen LogP contribution >= 0.6 is 23.4 Å². The third-order valence-electron chi connectivity index (χ3n) is 4.63. The predicted octanol–water partition coefficient (Wildman–Crippen LogP) is 5.22. The Hall–Kier alpha value is -2.11. The van der Waals surface area contributed by atoms with Crippen LogP contribution in [0.2, 0.25) is 5.02 Å². The maximum absolute atomic E-state index is 12.8. The number of hydrogen-bond donors (Lipinski definition) is 0. The van der Waals surface area contributed by atoms with Gasteiger partial charge < -0.3 is 4.57 Å². The van der Waals surface area contributed by atoms with Crippen molar-refractivity contribution in [2.75, 3.05) is 0 Å². The van der Waals surface area contributed by atoms with Crippen molar-refractivity contribution < 1.29 is 4.79 Å². The molecule has 2 aromatic carbocycles. The summed E-state index contributed by atoms with van der Waals surface area (Å²) in [4.78, 5) is 12.8. The molecule has 0 bridgehead atoms. The molecule has 0 radical (unpaired) electrons. The van der Waals surface area contributed by atoms with E-state index in [1.54, 1.807) is 24.3 Å². The van der Waals surface area contributed by atoms with Crippen molar-refractivity contribution in [3.05, 3.63) is 76.6 Å². The van der Waals surface area contributed by atoms with Crippen LogP contribution in [0, 0.1) is 0 Å². The van der Waals surface area contributed by atoms with E-state index in [4.69, 9.17) is 11.6 Å². The van der Waals surface area contributed by atoms with E-state index in [0.29, 0.717) is 16.5 Å². The largest absolute Gasteiger partial charge is 0.301 e. The van der Waals surface area contributed by atoms with Crippen molar-refractivity contribution in [3.8, 4) is 0 Å². The van der Waals surface area contributed by atoms with Crippen molar-refractivity contribution in [1.29, 1.82) is 0 Å². The molecule has 1 aliphatic carbocycles. The maximum Gasteiger partial charge on any atom is 0.192 e. The number of benzene rings is 2. The third kappa shape index (κ3) is 4.25. The van der Waals surface area contributed by atoms with E-state index in [1.165, 1.54) is 17.3 Å². The number of thioether (sulfide) groups is 1. The second-order valence-electron chi connectivity index (χ2n) is 6.82. The summed E-state index contributed by atoms with van der Waals surface area (Å²) in [5, 5.41) is 9.93. The summed E-state index contributed by atoms with van der Waals surface area (Å²) >= 11 is 7.49. The van der Waals surface area contributed by atoms with Crippen LogP contribution in [0.25, 0.3) is 0 Å². The zero-order valence-corrected chi connectivity index (χ0v) is 16.6. The first-order valence-electron chi connectivity index (χ1n) is 9.05. The Kier molecular flexibility index (Phi) is 5.32. The van der Waals surface area contributed by atoms with Crippen molar-refractivity contribution in [3.63, 3.8) is 0 Å². The lowest BCUT2D eigenvalue weighted by Gasteiger charge is -2.13. The first-order valence-corrected chi connectivity index (χ1v) is 10.3. The summed E-state index contributed by atoms with van der Waals surface area (Å²) in [6.45, 7) is 2.63. The standard InChI is InChI=1S/C21H20ClN3OS/c1-14(19(26)17-8-5-9-18(22)12-17)27-21-24-23-20(16-10-11-16)25(21)13-15-6-3-2-4-7-15/h2-9,12,14,16H,10-11,13H2,1H3. The Labute approximate surface area is 168 Å². The van der Waals surface area contributed by atoms with Gasteiger partial charge in [-0.05, 0) is 37.5 Å². The number of nitrogens with zero attached hydrogens (tertiary/aromatic N) is 3. The Bertz CT molecular complexity index is 953. The smallest absolute Gasteiger partial charge is 0.192 e. The summed E-state index contributed by atoms with van der Waals surface area (Å²) in [6, 6.07) is 17.4. The molecule has 4 rings (SSSR count). The number of ketones is 1. The van der Waals surface area contributed by atoms with Gasteiger partial charge in [-0.3, -0.25) is 4.79 Å². The molecule has 0 aliphatic heterocycles. The van der Waals surface area contributed by atoms with Gasteiger partial charge in [0.05, 0.1) is 11.8 Å². The SMILES string of the molecule is CC(Sc1nnc(C2CC2)n1Cc1ccccc1)C(=O)c1cccc(Cl)c1. The van der Waals surface area contributed by atoms with Crippen molar-refractivity contribution in [1.82, 2.24) is 14.8 Å². The van der Waals surface area contributed by atoms with Gasteiger partial charge in [-0.25, -0.2) is 0 Å². The fourth-order valence-corrected chi connectivity index (χ4v) is 4.16. The lowest BCUT2D eigenvalue weighted by molar-refractivity contribution is 0.0994. The van der Waals surface area contributed by atoms with Gasteiger partial charge in [0, 0.05) is 16.5 Å². The van der Waals surface area contributed by atoms with Crippen molar-refractivity contribution in [2.24, 2.45) is 0 Å². The third-order valence-corrected chi connectivity index (χ3v) is 5.95. The topological polar surface area (TPSA) is 47.8 Å². The van der Waals surface area contributed by atoms with Gasteiger partial charge in [0.1, 0.15) is 5.82 Å². The van der Waals surface area contributed by atoms with E-state index in [9.17, 15) is 4.79 Å². The van der Waals surface area contributed by atoms with Gasteiger partial charge in [0.2, 0.25) is 0 Å². The summed E-state index contributed by atoms with van der Waals surface area (Å²) in [5.74, 6) is 1.57. The number of hydrogen-bond acceptors (Lipinski definition) is 4. The van der Waals surface area contributed by atoms with E-state index in [-0.39, 0.29) is 11.0 Å². The summed E-state index contributed by atoms with van der Waals surface area (Å²) in [5.41, 5.74) is 1.83. The van der Waals surface area contributed by atoms with Gasteiger partial charge in [-0.2, -0.15) is 0 Å². The molecular weight excluding hydrogens is 378 g/mol. The summed E-state index contributed by atoms with van der Waals surface area (Å²) in [6.07, 6.45) is 2.32. The molecule has 6 heteroatoms. The number of carbonyl (C=O) groups is 1. The molecule has 4 nitrogen and oxygen atoms in total. The molecule has 0 spiro atoms.